The van der Waals surface area contributed by atoms with E-state index in [1.54, 1.807) is 12.2 Å². The fourth-order valence-electron chi connectivity index (χ4n) is 3.06. The van der Waals surface area contributed by atoms with Crippen LogP contribution in [0.3, 0.4) is 0 Å². The molecule has 41 heavy (non-hydrogen) atoms. The molecule has 2 aliphatic carbocycles. The third-order valence-electron chi connectivity index (χ3n) is 4.31. The van der Waals surface area contributed by atoms with Crippen molar-refractivity contribution in [2.45, 2.75) is 44.9 Å². The van der Waals surface area contributed by atoms with Gasteiger partial charge in [-0.2, -0.15) is 18.3 Å². The van der Waals surface area contributed by atoms with Crippen molar-refractivity contribution in [3.63, 3.8) is 0 Å². The van der Waals surface area contributed by atoms with Crippen LogP contribution in [0.4, 0.5) is 0 Å². The molecule has 0 N–H and O–H groups in total. The molecule has 0 bridgehead atoms. The van der Waals surface area contributed by atoms with Gasteiger partial charge in [0.25, 0.3) is 0 Å². The van der Waals surface area contributed by atoms with Gasteiger partial charge in [0.05, 0.1) is 0 Å². The minimum Gasteiger partial charge on any atom is -0.614 e. The first-order chi connectivity index (χ1) is 14.0. The first kappa shape index (κ1) is 92.4. The second kappa shape index (κ2) is 77.8. The molecule has 0 nitrogen and oxygen atoms in total. The fraction of sp³-hybridized carbons (Fsp3) is 0.345. The summed E-state index contributed by atoms with van der Waals surface area (Å²) < 4.78 is 0. The molecule has 211 valence electrons. The first-order valence-corrected chi connectivity index (χ1v) is 10.0. The summed E-state index contributed by atoms with van der Waals surface area (Å²) in [5.74, 6) is 2.67. The SMILES string of the molecule is [CH-]=CC=[C-]C=[C-]C(=[CH-])C[CH2-].[CH-]=C[C-]=CC=[CH-].[CH2-]C1CCCC2CC[CH-]C12.[CH2-]C[CH2-].[W+2].[W+2].[W].[W].[W].[W].[W].[Y+3].[Y+3].[Y].[Y].[Y]. The van der Waals surface area contributed by atoms with Crippen LogP contribution in [0.5, 0.6) is 0 Å². The van der Waals surface area contributed by atoms with Crippen molar-refractivity contribution in [2.75, 3.05) is 0 Å². The Labute approximate surface area is 483 Å². The first-order valence-electron chi connectivity index (χ1n) is 10.0. The quantitative estimate of drug-likeness (QED) is 0.192. The Morgan fingerprint density at radius 1 is 0.805 bits per heavy atom. The van der Waals surface area contributed by atoms with E-state index in [0.717, 1.165) is 24.2 Å². The van der Waals surface area contributed by atoms with Crippen LogP contribution in [-0.2, 0) is 311 Å². The van der Waals surface area contributed by atoms with Crippen molar-refractivity contribution in [2.24, 2.45) is 17.8 Å². The molecule has 0 aliphatic heterocycles. The minimum absolute atomic E-state index is 0. The van der Waals surface area contributed by atoms with Crippen LogP contribution in [0.1, 0.15) is 44.9 Å². The van der Waals surface area contributed by atoms with E-state index in [0.29, 0.717) is 12.0 Å². The van der Waals surface area contributed by atoms with Gasteiger partial charge >= 0.3 is 108 Å². The van der Waals surface area contributed by atoms with E-state index < -0.39 is 0 Å². The number of fused-ring (bicyclic) bond motifs is 1. The molecule has 0 amide bonds. The molecule has 2 saturated carbocycles. The summed E-state index contributed by atoms with van der Waals surface area (Å²) in [6.45, 7) is 34.7. The summed E-state index contributed by atoms with van der Waals surface area (Å²) in [6.07, 6.45) is 27.7. The molecule has 0 aromatic carbocycles. The third-order valence-corrected chi connectivity index (χ3v) is 4.31. The van der Waals surface area contributed by atoms with Crippen molar-refractivity contribution in [1.82, 2.24) is 0 Å². The smallest absolute Gasteiger partial charge is 0.614 e. The molecular weight excluding hydrogens is 2080 g/mol. The van der Waals surface area contributed by atoms with Gasteiger partial charge in [-0.15, -0.1) is 0 Å². The van der Waals surface area contributed by atoms with E-state index in [-0.39, 0.29) is 311 Å². The van der Waals surface area contributed by atoms with Gasteiger partial charge in [-0.05, 0) is 0 Å². The molecule has 2 rings (SSSR count). The second-order valence-electron chi connectivity index (χ2n) is 6.48. The zero-order valence-corrected chi connectivity index (χ0v) is 58.3. The van der Waals surface area contributed by atoms with Crippen molar-refractivity contribution >= 4 is 0 Å². The zero-order valence-electron chi connectivity index (χ0n) is 23.6. The maximum Gasteiger partial charge on any atom is 3.00 e. The van der Waals surface area contributed by atoms with Gasteiger partial charge in [0.1, 0.15) is 0 Å². The molecule has 0 heterocycles. The molecule has 3 unspecified atom stereocenters. The van der Waals surface area contributed by atoms with Gasteiger partial charge in [-0.25, -0.2) is 6.42 Å². The maximum absolute atomic E-state index is 5.37. The molecule has 0 aromatic heterocycles. The molecule has 2 fully saturated rings. The van der Waals surface area contributed by atoms with Gasteiger partial charge < -0.3 is 114 Å². The predicted octanol–water partition coefficient (Wildman–Crippen LogP) is 7.47. The Bertz CT molecular complexity index is 538. The van der Waals surface area contributed by atoms with Crippen LogP contribution in [0, 0.1) is 96.4 Å². The minimum atomic E-state index is 0. The topological polar surface area (TPSA) is 0 Å². The molecule has 0 spiro atoms. The Morgan fingerprint density at radius 3 is 1.59 bits per heavy atom. The van der Waals surface area contributed by atoms with Crippen molar-refractivity contribution < 1.29 is 311 Å². The van der Waals surface area contributed by atoms with Crippen LogP contribution in [0.25, 0.3) is 0 Å². The van der Waals surface area contributed by atoms with E-state index >= 15 is 0 Å². The molecule has 0 saturated heterocycles. The van der Waals surface area contributed by atoms with Crippen molar-refractivity contribution in [3.8, 4) is 0 Å². The summed E-state index contributed by atoms with van der Waals surface area (Å²) >= 11 is 0. The molecule has 2 aliphatic rings. The van der Waals surface area contributed by atoms with Gasteiger partial charge in [-0.3, -0.25) is 12.7 Å². The van der Waals surface area contributed by atoms with Crippen molar-refractivity contribution in [1.29, 1.82) is 0 Å². The number of hydrogen-bond acceptors (Lipinski definition) is 0. The van der Waals surface area contributed by atoms with Crippen LogP contribution >= 0.6 is 0 Å². The maximum atomic E-state index is 5.37. The summed E-state index contributed by atoms with van der Waals surface area (Å²) in [7, 11) is 0. The Balaban J connectivity index is -0.0000000189. The van der Waals surface area contributed by atoms with Crippen LogP contribution in [0.15, 0.2) is 42.0 Å². The molecule has 3 radical (unpaired) electrons. The normalized spacial score (nSPS) is 15.9. The fourth-order valence-corrected chi connectivity index (χ4v) is 3.06. The van der Waals surface area contributed by atoms with E-state index in [1.807, 2.05) is 0 Å². The number of hydrogen-bond donors (Lipinski definition) is 0. The van der Waals surface area contributed by atoms with Gasteiger partial charge in [-0.1, -0.05) is 31.6 Å². The largest absolute Gasteiger partial charge is 3.00 e. The average molecular weight is 2120 g/mol. The Kier molecular flexibility index (Phi) is 175. The van der Waals surface area contributed by atoms with E-state index in [1.165, 1.54) is 56.4 Å². The van der Waals surface area contributed by atoms with Crippen molar-refractivity contribution in [3.05, 3.63) is 121 Å². The van der Waals surface area contributed by atoms with Crippen LogP contribution in [0.2, 0.25) is 0 Å². The molecular formula is C29H36W7Y5-2. The van der Waals surface area contributed by atoms with E-state index in [4.69, 9.17) is 26.3 Å². The van der Waals surface area contributed by atoms with E-state index in [2.05, 4.69) is 52.3 Å². The van der Waals surface area contributed by atoms with Crippen LogP contribution in [-0.4, -0.2) is 0 Å². The zero-order chi connectivity index (χ0) is 22.3. The third kappa shape index (κ3) is 67.2. The Morgan fingerprint density at radius 2 is 1.24 bits per heavy atom. The second-order valence-corrected chi connectivity index (χ2v) is 6.48. The molecule has 3 atom stereocenters. The standard InChI is InChI=1S/C10H16.C10H9.C6H5.C3H6.7W.5Y/c1-8-4-2-5-9-6-3-7-10(8)9;1-4-6-7-8-9-10(3)5-2;1-3-5-6-4-2;1-3-2;;;;;;;;;;;;/h7-10H,1-6H2;1,3-4,6,8H,2,5H2;1-5H;1-3H2;;;;;;;;;;;;/q-2;-5;-3;-2;;;;;;2*+2;;;;2*+3. The summed E-state index contributed by atoms with van der Waals surface area (Å²) in [4.78, 5) is 0. The Hall–Kier alpha value is 8.52. The van der Waals surface area contributed by atoms with Crippen LogP contribution < -0.4 is 0 Å². The molecule has 0 aromatic rings. The summed E-state index contributed by atoms with van der Waals surface area (Å²) in [6, 6.07) is 0. The molecule has 12 heteroatoms. The predicted molar refractivity (Wildman–Crippen MR) is 126 cm³/mol. The van der Waals surface area contributed by atoms with Gasteiger partial charge in [0.2, 0.25) is 0 Å². The van der Waals surface area contributed by atoms with Gasteiger partial charge in [0, 0.05) is 203 Å². The van der Waals surface area contributed by atoms with E-state index in [9.17, 15) is 0 Å². The summed E-state index contributed by atoms with van der Waals surface area (Å²) in [5.41, 5.74) is 0.609. The van der Waals surface area contributed by atoms with Gasteiger partial charge in [0.15, 0.2) is 0 Å². The average Bonchev–Trinajstić information content (AvgIpc) is 3.21. The number of allylic oxidation sites excluding steroid dienone is 10. The monoisotopic (exact) mass is 2120 g/mol. The number of rotatable bonds is 6. The summed E-state index contributed by atoms with van der Waals surface area (Å²) in [5, 5.41) is 0.